The predicted octanol–water partition coefficient (Wildman–Crippen LogP) is 2.03. The molecule has 5 nitrogen and oxygen atoms in total. The molecule has 0 aliphatic carbocycles. The molecule has 0 spiro atoms. The Bertz CT molecular complexity index is 536. The van der Waals surface area contributed by atoms with Crippen LogP contribution < -0.4 is 0 Å². The first kappa shape index (κ1) is 15.5. The summed E-state index contributed by atoms with van der Waals surface area (Å²) in [5.74, 6) is 1.63. The van der Waals surface area contributed by atoms with Gasteiger partial charge in [0, 0.05) is 31.5 Å². The van der Waals surface area contributed by atoms with E-state index in [2.05, 4.69) is 18.8 Å². The van der Waals surface area contributed by atoms with Crippen molar-refractivity contribution in [3.8, 4) is 0 Å². The first-order valence-corrected chi connectivity index (χ1v) is 8.98. The van der Waals surface area contributed by atoms with Gasteiger partial charge in [-0.1, -0.05) is 13.8 Å². The quantitative estimate of drug-likeness (QED) is 0.807. The molecule has 1 aliphatic rings. The van der Waals surface area contributed by atoms with Gasteiger partial charge in [0.05, 0.1) is 5.75 Å². The van der Waals surface area contributed by atoms with E-state index >= 15 is 0 Å². The number of hydrogen-bond acceptors (Lipinski definition) is 3. The minimum Gasteiger partial charge on any atom is -0.334 e. The molecular weight excluding hydrogens is 274 g/mol. The van der Waals surface area contributed by atoms with E-state index in [0.29, 0.717) is 19.0 Å². The van der Waals surface area contributed by atoms with Crippen LogP contribution in [0.1, 0.15) is 38.9 Å². The highest BCUT2D eigenvalue weighted by Crippen LogP contribution is 2.24. The molecule has 2 heterocycles. The second-order valence-electron chi connectivity index (χ2n) is 6.03. The molecular formula is C14H25N3O2S. The molecule has 0 saturated carbocycles. The normalized spacial score (nSPS) is 20.9. The van der Waals surface area contributed by atoms with E-state index < -0.39 is 10.0 Å². The lowest BCUT2D eigenvalue weighted by Crippen LogP contribution is -2.39. The third kappa shape index (κ3) is 3.61. The fourth-order valence-corrected chi connectivity index (χ4v) is 4.72. The summed E-state index contributed by atoms with van der Waals surface area (Å²) < 4.78 is 28.7. The van der Waals surface area contributed by atoms with Crippen molar-refractivity contribution in [2.24, 2.45) is 5.92 Å². The number of aryl methyl sites for hydroxylation is 1. The van der Waals surface area contributed by atoms with Gasteiger partial charge in [-0.15, -0.1) is 0 Å². The van der Waals surface area contributed by atoms with Crippen LogP contribution in [0.4, 0.5) is 0 Å². The molecule has 0 N–H and O–H groups in total. The smallest absolute Gasteiger partial charge is 0.214 e. The van der Waals surface area contributed by atoms with Gasteiger partial charge < -0.3 is 4.57 Å². The van der Waals surface area contributed by atoms with Gasteiger partial charge in [0.25, 0.3) is 0 Å². The summed E-state index contributed by atoms with van der Waals surface area (Å²) in [5, 5.41) is 0. The largest absolute Gasteiger partial charge is 0.334 e. The molecule has 1 fully saturated rings. The molecule has 1 aromatic rings. The average molecular weight is 299 g/mol. The Balaban J connectivity index is 2.05. The van der Waals surface area contributed by atoms with Crippen molar-refractivity contribution in [2.45, 2.75) is 52.6 Å². The molecule has 0 radical (unpaired) electrons. The zero-order valence-electron chi connectivity index (χ0n) is 12.6. The maximum atomic E-state index is 12.5. The topological polar surface area (TPSA) is 55.2 Å². The van der Waals surface area contributed by atoms with Gasteiger partial charge in [-0.2, -0.15) is 4.31 Å². The van der Waals surface area contributed by atoms with Crippen molar-refractivity contribution in [1.82, 2.24) is 13.9 Å². The number of nitrogens with zero attached hydrogens (tertiary/aromatic N) is 3. The molecule has 1 aromatic heterocycles. The highest BCUT2D eigenvalue weighted by molar-refractivity contribution is 7.89. The third-order valence-corrected chi connectivity index (χ3v) is 5.91. The van der Waals surface area contributed by atoms with E-state index in [-0.39, 0.29) is 11.8 Å². The van der Waals surface area contributed by atoms with Crippen molar-refractivity contribution in [3.63, 3.8) is 0 Å². The Morgan fingerprint density at radius 2 is 2.20 bits per heavy atom. The van der Waals surface area contributed by atoms with Crippen molar-refractivity contribution in [1.29, 1.82) is 0 Å². The van der Waals surface area contributed by atoms with Gasteiger partial charge >= 0.3 is 0 Å². The van der Waals surface area contributed by atoms with E-state index in [9.17, 15) is 8.42 Å². The molecule has 0 unspecified atom stereocenters. The summed E-state index contributed by atoms with van der Waals surface area (Å²) >= 11 is 0. The summed E-state index contributed by atoms with van der Waals surface area (Å²) in [6.07, 6.45) is 6.32. The van der Waals surface area contributed by atoms with Crippen LogP contribution in [0.25, 0.3) is 0 Å². The molecule has 0 bridgehead atoms. The fraction of sp³-hybridized carbons (Fsp3) is 0.786. The lowest BCUT2D eigenvalue weighted by Gasteiger charge is -2.25. The van der Waals surface area contributed by atoms with Gasteiger partial charge in [0.2, 0.25) is 10.0 Å². The van der Waals surface area contributed by atoms with Crippen LogP contribution >= 0.6 is 0 Å². The zero-order valence-corrected chi connectivity index (χ0v) is 13.4. The molecule has 1 saturated heterocycles. The Morgan fingerprint density at radius 1 is 1.45 bits per heavy atom. The third-order valence-electron chi connectivity index (χ3n) is 3.96. The predicted molar refractivity (Wildman–Crippen MR) is 79.9 cm³/mol. The molecule has 2 rings (SSSR count). The Morgan fingerprint density at radius 3 is 2.80 bits per heavy atom. The first-order valence-electron chi connectivity index (χ1n) is 7.37. The van der Waals surface area contributed by atoms with Crippen LogP contribution in [0, 0.1) is 12.8 Å². The average Bonchev–Trinajstić information content (AvgIpc) is 2.98. The molecule has 1 aliphatic heterocycles. The second kappa shape index (κ2) is 6.26. The summed E-state index contributed by atoms with van der Waals surface area (Å²) in [6, 6.07) is 0.0834. The number of aromatic nitrogens is 2. The lowest BCUT2D eigenvalue weighted by atomic mass is 10.2. The molecule has 0 aromatic carbocycles. The van der Waals surface area contributed by atoms with Crippen LogP contribution in [0.5, 0.6) is 0 Å². The number of sulfonamides is 1. The van der Waals surface area contributed by atoms with E-state index in [4.69, 9.17) is 0 Å². The Hall–Kier alpha value is -0.880. The van der Waals surface area contributed by atoms with Gasteiger partial charge in [-0.25, -0.2) is 13.4 Å². The van der Waals surface area contributed by atoms with Crippen molar-refractivity contribution < 1.29 is 8.42 Å². The monoisotopic (exact) mass is 299 g/mol. The van der Waals surface area contributed by atoms with E-state index in [0.717, 1.165) is 25.1 Å². The minimum absolute atomic E-state index is 0.0834. The van der Waals surface area contributed by atoms with Crippen LogP contribution in [-0.4, -0.2) is 40.6 Å². The SMILES string of the molecule is Cc1nccn1C[C@H]1CCCN1S(=O)(=O)CCC(C)C. The number of rotatable bonds is 6. The van der Waals surface area contributed by atoms with Crippen LogP contribution in [-0.2, 0) is 16.6 Å². The van der Waals surface area contributed by atoms with Crippen LogP contribution in [0.15, 0.2) is 12.4 Å². The highest BCUT2D eigenvalue weighted by atomic mass is 32.2. The first-order chi connectivity index (χ1) is 9.40. The summed E-state index contributed by atoms with van der Waals surface area (Å²) in [7, 11) is -3.12. The summed E-state index contributed by atoms with van der Waals surface area (Å²) in [5.41, 5.74) is 0. The maximum Gasteiger partial charge on any atom is 0.214 e. The van der Waals surface area contributed by atoms with E-state index in [1.165, 1.54) is 0 Å². The van der Waals surface area contributed by atoms with Crippen LogP contribution in [0.2, 0.25) is 0 Å². The van der Waals surface area contributed by atoms with Gasteiger partial charge in [-0.05, 0) is 32.1 Å². The highest BCUT2D eigenvalue weighted by Gasteiger charge is 2.34. The van der Waals surface area contributed by atoms with Crippen molar-refractivity contribution >= 4 is 10.0 Å². The van der Waals surface area contributed by atoms with E-state index in [1.54, 1.807) is 10.5 Å². The fourth-order valence-electron chi connectivity index (χ4n) is 2.68. The van der Waals surface area contributed by atoms with Gasteiger partial charge in [-0.3, -0.25) is 0 Å². The Labute approximate surface area is 122 Å². The Kier molecular flexibility index (Phi) is 4.86. The standard InChI is InChI=1S/C14H25N3O2S/c1-12(2)6-10-20(18,19)17-8-4-5-14(17)11-16-9-7-15-13(16)3/h7,9,12,14H,4-6,8,10-11H2,1-3H3/t14-/m1/s1. The van der Waals surface area contributed by atoms with E-state index in [1.807, 2.05) is 17.7 Å². The second-order valence-corrected chi connectivity index (χ2v) is 8.07. The van der Waals surface area contributed by atoms with Gasteiger partial charge in [0.15, 0.2) is 0 Å². The number of imidazole rings is 1. The summed E-state index contributed by atoms with van der Waals surface area (Å²) in [6.45, 7) is 7.45. The lowest BCUT2D eigenvalue weighted by molar-refractivity contribution is 0.348. The zero-order chi connectivity index (χ0) is 14.8. The molecule has 0 amide bonds. The molecule has 20 heavy (non-hydrogen) atoms. The maximum absolute atomic E-state index is 12.5. The molecule has 6 heteroatoms. The minimum atomic E-state index is -3.12. The molecule has 1 atom stereocenters. The molecule has 114 valence electrons. The van der Waals surface area contributed by atoms with Gasteiger partial charge in [0.1, 0.15) is 5.82 Å². The van der Waals surface area contributed by atoms with Crippen molar-refractivity contribution in [3.05, 3.63) is 18.2 Å². The van der Waals surface area contributed by atoms with Crippen molar-refractivity contribution in [2.75, 3.05) is 12.3 Å². The van der Waals surface area contributed by atoms with Crippen LogP contribution in [0.3, 0.4) is 0 Å². The number of hydrogen-bond donors (Lipinski definition) is 0. The summed E-state index contributed by atoms with van der Waals surface area (Å²) in [4.78, 5) is 4.20.